The average Bonchev–Trinajstić information content (AvgIpc) is 3.43. The number of likely N-dealkylation sites (N-methyl/N-ethyl adjacent to an activating group) is 1. The monoisotopic (exact) mass is 475 g/mol. The lowest BCUT2D eigenvalue weighted by Crippen LogP contribution is -2.63. The lowest BCUT2D eigenvalue weighted by molar-refractivity contribution is 0.0549. The number of rotatable bonds is 1. The molecular formula is C31H22ClNO2. The van der Waals surface area contributed by atoms with Crippen LogP contribution in [0.1, 0.15) is 43.3 Å². The van der Waals surface area contributed by atoms with E-state index in [9.17, 15) is 9.59 Å². The molecule has 2 aliphatic carbocycles. The Bertz CT molecular complexity index is 1470. The molecule has 4 heteroatoms. The van der Waals surface area contributed by atoms with Gasteiger partial charge in [-0.25, -0.2) is 0 Å². The summed E-state index contributed by atoms with van der Waals surface area (Å²) in [5, 5.41) is 0.663. The van der Waals surface area contributed by atoms with Crippen molar-refractivity contribution in [3.05, 3.63) is 130 Å². The summed E-state index contributed by atoms with van der Waals surface area (Å²) >= 11 is 6.27. The number of carbonyl (C=O) groups excluding carboxylic acids is 2. The van der Waals surface area contributed by atoms with E-state index in [0.717, 1.165) is 27.8 Å². The van der Waals surface area contributed by atoms with Crippen LogP contribution in [0.5, 0.6) is 0 Å². The van der Waals surface area contributed by atoms with Gasteiger partial charge in [-0.2, -0.15) is 0 Å². The van der Waals surface area contributed by atoms with E-state index in [1.807, 2.05) is 72.6 Å². The van der Waals surface area contributed by atoms with Crippen LogP contribution in [-0.2, 0) is 5.41 Å². The fourth-order valence-electron chi connectivity index (χ4n) is 7.26. The molecule has 0 aromatic heterocycles. The number of likely N-dealkylation sites (tertiary alicyclic amines) is 1. The van der Waals surface area contributed by atoms with E-state index in [1.54, 1.807) is 12.1 Å². The molecule has 170 valence electrons. The number of Topliss-reactive ketones (excluding diaryl/α,β-unsaturated/α-hetero) is 2. The normalized spacial score (nSPS) is 20.9. The molecule has 0 bridgehead atoms. The van der Waals surface area contributed by atoms with Crippen LogP contribution in [0.2, 0.25) is 5.02 Å². The number of hydrogen-bond donors (Lipinski definition) is 0. The van der Waals surface area contributed by atoms with Gasteiger partial charge in [0.25, 0.3) is 0 Å². The Morgan fingerprint density at radius 2 is 1.14 bits per heavy atom. The quantitative estimate of drug-likeness (QED) is 0.310. The Hall–Kier alpha value is -3.53. The van der Waals surface area contributed by atoms with Crippen molar-refractivity contribution < 1.29 is 9.59 Å². The summed E-state index contributed by atoms with van der Waals surface area (Å²) in [6.45, 7) is 0.565. The van der Waals surface area contributed by atoms with Crippen LogP contribution in [0.15, 0.2) is 97.1 Å². The Morgan fingerprint density at radius 1 is 0.686 bits per heavy atom. The van der Waals surface area contributed by atoms with E-state index in [1.165, 1.54) is 0 Å². The summed E-state index contributed by atoms with van der Waals surface area (Å²) in [6.07, 6.45) is 0. The molecule has 2 spiro atoms. The molecule has 1 saturated heterocycles. The number of carbonyl (C=O) groups is 2. The molecule has 0 radical (unpaired) electrons. The van der Waals surface area contributed by atoms with Gasteiger partial charge in [0.1, 0.15) is 0 Å². The maximum absolute atomic E-state index is 14.6. The number of benzene rings is 4. The standard InChI is InChI=1S/C31H22ClNO2/c1-33-18-27(19-14-16-20(32)17-15-19)30(31(33)28(34)23-10-2-3-11-24(23)29(31)35)25-12-6-4-8-21(25)22-9-5-7-13-26(22)30/h2-17,27H,18H2,1H3. The minimum atomic E-state index is -1.37. The maximum atomic E-state index is 14.6. The van der Waals surface area contributed by atoms with Crippen molar-refractivity contribution in [1.82, 2.24) is 4.90 Å². The second-order valence-corrected chi connectivity index (χ2v) is 10.2. The summed E-state index contributed by atoms with van der Waals surface area (Å²) < 4.78 is 0. The first-order chi connectivity index (χ1) is 17.0. The lowest BCUT2D eigenvalue weighted by Gasteiger charge is -2.45. The van der Waals surface area contributed by atoms with E-state index in [0.29, 0.717) is 22.7 Å². The molecule has 1 unspecified atom stereocenters. The van der Waals surface area contributed by atoms with E-state index in [4.69, 9.17) is 11.6 Å². The summed E-state index contributed by atoms with van der Waals surface area (Å²) in [5.41, 5.74) is 4.12. The number of ketones is 2. The average molecular weight is 476 g/mol. The van der Waals surface area contributed by atoms with Crippen LogP contribution in [0.4, 0.5) is 0 Å². The van der Waals surface area contributed by atoms with E-state index < -0.39 is 11.0 Å². The fourth-order valence-corrected chi connectivity index (χ4v) is 7.39. The third-order valence-corrected chi connectivity index (χ3v) is 8.71. The minimum Gasteiger partial charge on any atom is -0.291 e. The van der Waals surface area contributed by atoms with Gasteiger partial charge < -0.3 is 0 Å². The largest absolute Gasteiger partial charge is 0.291 e. The summed E-state index contributed by atoms with van der Waals surface area (Å²) in [7, 11) is 1.93. The van der Waals surface area contributed by atoms with Gasteiger partial charge in [0.05, 0.1) is 5.41 Å². The van der Waals surface area contributed by atoms with Crippen molar-refractivity contribution in [3.8, 4) is 11.1 Å². The molecule has 0 saturated carbocycles. The first-order valence-electron chi connectivity index (χ1n) is 11.9. The molecule has 4 aromatic carbocycles. The van der Waals surface area contributed by atoms with Crippen LogP contribution in [0.3, 0.4) is 0 Å². The predicted octanol–water partition coefficient (Wildman–Crippen LogP) is 6.15. The van der Waals surface area contributed by atoms with Crippen LogP contribution < -0.4 is 0 Å². The Morgan fingerprint density at radius 3 is 1.66 bits per heavy atom. The zero-order chi connectivity index (χ0) is 23.9. The summed E-state index contributed by atoms with van der Waals surface area (Å²) in [5.74, 6) is -0.344. The third-order valence-electron chi connectivity index (χ3n) is 8.46. The first kappa shape index (κ1) is 20.8. The van der Waals surface area contributed by atoms with Crippen molar-refractivity contribution in [2.45, 2.75) is 16.9 Å². The highest BCUT2D eigenvalue weighted by atomic mass is 35.5. The molecule has 3 aliphatic rings. The molecule has 0 amide bonds. The first-order valence-corrected chi connectivity index (χ1v) is 12.3. The highest BCUT2D eigenvalue weighted by Gasteiger charge is 2.76. The molecule has 1 aliphatic heterocycles. The number of hydrogen-bond acceptors (Lipinski definition) is 3. The van der Waals surface area contributed by atoms with E-state index >= 15 is 0 Å². The maximum Gasteiger partial charge on any atom is 0.193 e. The van der Waals surface area contributed by atoms with Crippen molar-refractivity contribution in [1.29, 1.82) is 0 Å². The van der Waals surface area contributed by atoms with Crippen molar-refractivity contribution in [3.63, 3.8) is 0 Å². The van der Waals surface area contributed by atoms with E-state index in [-0.39, 0.29) is 17.5 Å². The van der Waals surface area contributed by atoms with Crippen LogP contribution >= 0.6 is 11.6 Å². The molecule has 7 rings (SSSR count). The van der Waals surface area contributed by atoms with Crippen LogP contribution in [0, 0.1) is 0 Å². The number of halogens is 1. The number of nitrogens with zero attached hydrogens (tertiary/aromatic N) is 1. The Labute approximate surface area is 209 Å². The zero-order valence-corrected chi connectivity index (χ0v) is 19.9. The minimum absolute atomic E-state index is 0.108. The third kappa shape index (κ3) is 2.26. The van der Waals surface area contributed by atoms with Gasteiger partial charge in [-0.05, 0) is 47.0 Å². The van der Waals surface area contributed by atoms with Crippen molar-refractivity contribution >= 4 is 23.2 Å². The highest BCUT2D eigenvalue weighted by molar-refractivity contribution is 6.35. The molecule has 0 N–H and O–H groups in total. The Kier molecular flexibility index (Phi) is 4.16. The molecule has 4 aromatic rings. The van der Waals surface area contributed by atoms with Gasteiger partial charge >= 0.3 is 0 Å². The molecule has 3 nitrogen and oxygen atoms in total. The second kappa shape index (κ2) is 7.00. The molecule has 1 fully saturated rings. The lowest BCUT2D eigenvalue weighted by atomic mass is 9.56. The Balaban J connectivity index is 1.65. The molecule has 1 heterocycles. The number of fused-ring (bicyclic) bond motifs is 7. The van der Waals surface area contributed by atoms with Gasteiger partial charge in [0.15, 0.2) is 17.1 Å². The second-order valence-electron chi connectivity index (χ2n) is 9.80. The molecule has 35 heavy (non-hydrogen) atoms. The smallest absolute Gasteiger partial charge is 0.193 e. The fraction of sp³-hybridized carbons (Fsp3) is 0.161. The topological polar surface area (TPSA) is 37.4 Å². The SMILES string of the molecule is CN1CC(c2ccc(Cl)cc2)C2(c3ccccc3-c3ccccc32)C12C(=O)c1ccccc1C2=O. The van der Waals surface area contributed by atoms with E-state index in [2.05, 4.69) is 24.3 Å². The zero-order valence-electron chi connectivity index (χ0n) is 19.2. The molecule has 1 atom stereocenters. The van der Waals surface area contributed by atoms with Crippen LogP contribution in [-0.4, -0.2) is 35.6 Å². The molecular weight excluding hydrogens is 454 g/mol. The van der Waals surface area contributed by atoms with Gasteiger partial charge in [0, 0.05) is 28.6 Å². The van der Waals surface area contributed by atoms with Gasteiger partial charge in [-0.3, -0.25) is 14.5 Å². The van der Waals surface area contributed by atoms with Crippen molar-refractivity contribution in [2.75, 3.05) is 13.6 Å². The summed E-state index contributed by atoms with van der Waals surface area (Å²) in [6, 6.07) is 31.7. The predicted molar refractivity (Wildman–Crippen MR) is 137 cm³/mol. The van der Waals surface area contributed by atoms with Crippen LogP contribution in [0.25, 0.3) is 11.1 Å². The van der Waals surface area contributed by atoms with Gasteiger partial charge in [0.2, 0.25) is 0 Å². The highest BCUT2D eigenvalue weighted by Crippen LogP contribution is 2.67. The summed E-state index contributed by atoms with van der Waals surface area (Å²) in [4.78, 5) is 31.2. The van der Waals surface area contributed by atoms with Gasteiger partial charge in [-0.1, -0.05) is 96.5 Å². The van der Waals surface area contributed by atoms with Gasteiger partial charge in [-0.15, -0.1) is 0 Å². The van der Waals surface area contributed by atoms with Crippen molar-refractivity contribution in [2.24, 2.45) is 0 Å².